The fourth-order valence-corrected chi connectivity index (χ4v) is 2.89. The number of carbonyl (C=O) groups excluding carboxylic acids is 1. The quantitative estimate of drug-likeness (QED) is 0.831. The molecular formula is C19H22O5. The second-order valence-electron chi connectivity index (χ2n) is 5.78. The van der Waals surface area contributed by atoms with Crippen LogP contribution in [-0.4, -0.2) is 30.2 Å². The van der Waals surface area contributed by atoms with E-state index in [2.05, 4.69) is 0 Å². The number of carbonyl (C=O) groups is 1. The van der Waals surface area contributed by atoms with Gasteiger partial charge >= 0.3 is 0 Å². The monoisotopic (exact) mass is 330 g/mol. The molecular weight excluding hydrogens is 308 g/mol. The Balaban J connectivity index is 2.90. The van der Waals surface area contributed by atoms with Gasteiger partial charge in [0.1, 0.15) is 0 Å². The predicted molar refractivity (Wildman–Crippen MR) is 92.5 cm³/mol. The van der Waals surface area contributed by atoms with E-state index in [1.165, 1.54) is 21.1 Å². The van der Waals surface area contributed by atoms with Crippen LogP contribution in [0.3, 0.4) is 0 Å². The summed E-state index contributed by atoms with van der Waals surface area (Å²) in [4.78, 5) is 11.9. The average molecular weight is 330 g/mol. The molecule has 5 heteroatoms. The molecule has 2 aromatic rings. The topological polar surface area (TPSA) is 76.0 Å². The fourth-order valence-electron chi connectivity index (χ4n) is 2.89. The van der Waals surface area contributed by atoms with Crippen LogP contribution in [0, 0.1) is 20.8 Å². The number of hydrogen-bond acceptors (Lipinski definition) is 5. The van der Waals surface area contributed by atoms with Crippen LogP contribution in [0.4, 0.5) is 0 Å². The molecule has 0 saturated heterocycles. The lowest BCUT2D eigenvalue weighted by Crippen LogP contribution is -2.01. The first-order valence-electron chi connectivity index (χ1n) is 7.53. The van der Waals surface area contributed by atoms with Gasteiger partial charge in [-0.3, -0.25) is 4.79 Å². The summed E-state index contributed by atoms with van der Waals surface area (Å²) in [5, 5.41) is 21.2. The van der Waals surface area contributed by atoms with E-state index in [0.29, 0.717) is 28.0 Å². The lowest BCUT2D eigenvalue weighted by Gasteiger charge is -2.18. The van der Waals surface area contributed by atoms with Crippen LogP contribution in [0.15, 0.2) is 12.1 Å². The molecule has 0 aliphatic carbocycles. The number of phenols is 2. The number of aromatic hydroxyl groups is 2. The number of aryl methyl sites for hydroxylation is 1. The van der Waals surface area contributed by atoms with E-state index in [1.807, 2.05) is 13.8 Å². The highest BCUT2D eigenvalue weighted by Gasteiger charge is 2.23. The second kappa shape index (κ2) is 6.43. The molecule has 0 radical (unpaired) electrons. The minimum atomic E-state index is -0.151. The largest absolute Gasteiger partial charge is 0.504 e. The number of ether oxygens (including phenoxy) is 2. The highest BCUT2D eigenvalue weighted by atomic mass is 16.5. The molecule has 128 valence electrons. The summed E-state index contributed by atoms with van der Waals surface area (Å²) in [6.07, 6.45) is 0. The third-order valence-corrected chi connectivity index (χ3v) is 4.34. The number of ketones is 1. The van der Waals surface area contributed by atoms with Crippen molar-refractivity contribution in [3.05, 3.63) is 34.4 Å². The molecule has 0 amide bonds. The first-order chi connectivity index (χ1) is 11.2. The molecule has 0 spiro atoms. The van der Waals surface area contributed by atoms with Crippen LogP contribution in [-0.2, 0) is 0 Å². The molecule has 24 heavy (non-hydrogen) atoms. The van der Waals surface area contributed by atoms with Crippen LogP contribution in [0.1, 0.15) is 34.0 Å². The zero-order chi connectivity index (χ0) is 18.2. The minimum absolute atomic E-state index is 0.0868. The summed E-state index contributed by atoms with van der Waals surface area (Å²) >= 11 is 0. The van der Waals surface area contributed by atoms with Gasteiger partial charge in [0.2, 0.25) is 0 Å². The zero-order valence-corrected chi connectivity index (χ0v) is 14.8. The van der Waals surface area contributed by atoms with Gasteiger partial charge in [0.15, 0.2) is 28.8 Å². The Kier molecular flexibility index (Phi) is 4.73. The Morgan fingerprint density at radius 1 is 0.875 bits per heavy atom. The summed E-state index contributed by atoms with van der Waals surface area (Å²) in [6, 6.07) is 3.32. The Labute approximate surface area is 141 Å². The fraction of sp³-hybridized carbons (Fsp3) is 0.316. The van der Waals surface area contributed by atoms with Crippen molar-refractivity contribution in [1.82, 2.24) is 0 Å². The normalized spacial score (nSPS) is 10.6. The molecule has 0 bridgehead atoms. The molecule has 0 aromatic heterocycles. The first-order valence-corrected chi connectivity index (χ1v) is 7.53. The Bertz CT molecular complexity index is 821. The van der Waals surface area contributed by atoms with Crippen LogP contribution in [0.2, 0.25) is 0 Å². The molecule has 0 fully saturated rings. The van der Waals surface area contributed by atoms with E-state index < -0.39 is 0 Å². The lowest BCUT2D eigenvalue weighted by atomic mass is 9.92. The van der Waals surface area contributed by atoms with Crippen molar-refractivity contribution in [3.8, 4) is 34.1 Å². The summed E-state index contributed by atoms with van der Waals surface area (Å²) in [6.45, 7) is 6.88. The molecule has 0 atom stereocenters. The molecule has 0 aliphatic heterocycles. The van der Waals surface area contributed by atoms with Gasteiger partial charge in [-0.2, -0.15) is 0 Å². The molecule has 0 saturated carbocycles. The number of hydrogen-bond donors (Lipinski definition) is 2. The SMILES string of the molecule is COc1c(C)c(C)cc(-c2cc(C(C)=O)c(C)c(OC)c2O)c1O. The Morgan fingerprint density at radius 3 is 1.79 bits per heavy atom. The van der Waals surface area contributed by atoms with Gasteiger partial charge in [-0.1, -0.05) is 0 Å². The van der Waals surface area contributed by atoms with Gasteiger partial charge in [-0.05, 0) is 51.0 Å². The number of benzene rings is 2. The van der Waals surface area contributed by atoms with Crippen molar-refractivity contribution in [2.75, 3.05) is 14.2 Å². The molecule has 0 heterocycles. The van der Waals surface area contributed by atoms with Gasteiger partial charge in [0.05, 0.1) is 14.2 Å². The van der Waals surface area contributed by atoms with Crippen LogP contribution >= 0.6 is 0 Å². The average Bonchev–Trinajstić information content (AvgIpc) is 2.52. The third kappa shape index (κ3) is 2.66. The van der Waals surface area contributed by atoms with Gasteiger partial charge in [0, 0.05) is 22.3 Å². The van der Waals surface area contributed by atoms with E-state index in [0.717, 1.165) is 11.1 Å². The van der Waals surface area contributed by atoms with E-state index in [1.54, 1.807) is 19.1 Å². The minimum Gasteiger partial charge on any atom is -0.504 e. The maximum absolute atomic E-state index is 11.9. The molecule has 2 aromatic carbocycles. The Hall–Kier alpha value is -2.69. The third-order valence-electron chi connectivity index (χ3n) is 4.34. The summed E-state index contributed by atoms with van der Waals surface area (Å²) in [5.41, 5.74) is 3.39. The summed E-state index contributed by atoms with van der Waals surface area (Å²) in [5.74, 6) is 0.196. The van der Waals surface area contributed by atoms with Crippen molar-refractivity contribution in [2.24, 2.45) is 0 Å². The van der Waals surface area contributed by atoms with E-state index in [-0.39, 0.29) is 23.0 Å². The summed E-state index contributed by atoms with van der Waals surface area (Å²) in [7, 11) is 2.90. The molecule has 5 nitrogen and oxygen atoms in total. The van der Waals surface area contributed by atoms with E-state index in [4.69, 9.17) is 9.47 Å². The number of methoxy groups -OCH3 is 2. The van der Waals surface area contributed by atoms with Crippen molar-refractivity contribution in [2.45, 2.75) is 27.7 Å². The van der Waals surface area contributed by atoms with Crippen molar-refractivity contribution in [1.29, 1.82) is 0 Å². The number of phenolic OH excluding ortho intramolecular Hbond substituents is 2. The van der Waals surface area contributed by atoms with Gasteiger partial charge in [0.25, 0.3) is 0 Å². The van der Waals surface area contributed by atoms with E-state index in [9.17, 15) is 15.0 Å². The second-order valence-corrected chi connectivity index (χ2v) is 5.78. The maximum Gasteiger partial charge on any atom is 0.166 e. The number of Topliss-reactive ketones (excluding diaryl/α,β-unsaturated/α-hetero) is 1. The van der Waals surface area contributed by atoms with Gasteiger partial charge in [-0.15, -0.1) is 0 Å². The van der Waals surface area contributed by atoms with Crippen LogP contribution in [0.25, 0.3) is 11.1 Å². The van der Waals surface area contributed by atoms with Gasteiger partial charge in [-0.25, -0.2) is 0 Å². The predicted octanol–water partition coefficient (Wildman–Crippen LogP) is 3.91. The summed E-state index contributed by atoms with van der Waals surface area (Å²) < 4.78 is 10.6. The standard InChI is InChI=1S/C19H22O5/c1-9-7-14(16(21)18(23-5)10(9)2)15-8-13(12(4)20)11(3)19(24-6)17(15)22/h7-8,21-22H,1-6H3. The number of rotatable bonds is 4. The molecule has 0 aliphatic rings. The molecule has 0 unspecified atom stereocenters. The Morgan fingerprint density at radius 2 is 1.33 bits per heavy atom. The van der Waals surface area contributed by atoms with Crippen molar-refractivity contribution >= 4 is 5.78 Å². The lowest BCUT2D eigenvalue weighted by molar-refractivity contribution is 0.101. The maximum atomic E-state index is 11.9. The van der Waals surface area contributed by atoms with Crippen molar-refractivity contribution in [3.63, 3.8) is 0 Å². The van der Waals surface area contributed by atoms with Gasteiger partial charge < -0.3 is 19.7 Å². The molecule has 2 N–H and O–H groups in total. The van der Waals surface area contributed by atoms with Crippen LogP contribution < -0.4 is 9.47 Å². The highest BCUT2D eigenvalue weighted by molar-refractivity contribution is 5.99. The van der Waals surface area contributed by atoms with E-state index >= 15 is 0 Å². The van der Waals surface area contributed by atoms with Crippen molar-refractivity contribution < 1.29 is 24.5 Å². The van der Waals surface area contributed by atoms with Crippen LogP contribution in [0.5, 0.6) is 23.0 Å². The molecule has 2 rings (SSSR count). The smallest absolute Gasteiger partial charge is 0.166 e. The zero-order valence-electron chi connectivity index (χ0n) is 14.8. The highest BCUT2D eigenvalue weighted by Crippen LogP contribution is 2.48. The first kappa shape index (κ1) is 17.7.